The van der Waals surface area contributed by atoms with E-state index in [-0.39, 0.29) is 11.3 Å². The number of aromatic nitrogens is 2. The third kappa shape index (κ3) is 2.71. The van der Waals surface area contributed by atoms with Gasteiger partial charge in [-0.05, 0) is 42.7 Å². The van der Waals surface area contributed by atoms with Crippen LogP contribution in [0.5, 0.6) is 0 Å². The van der Waals surface area contributed by atoms with Gasteiger partial charge in [-0.3, -0.25) is 5.10 Å². The number of nitrogens with one attached hydrogen (secondary N) is 1. The highest BCUT2D eigenvalue weighted by molar-refractivity contribution is 6.02. The summed E-state index contributed by atoms with van der Waals surface area (Å²) in [6.45, 7) is 4.03. The largest absolute Gasteiger partial charge is 0.476 e. The summed E-state index contributed by atoms with van der Waals surface area (Å²) in [4.78, 5) is 11.2. The molecule has 0 aliphatic rings. The summed E-state index contributed by atoms with van der Waals surface area (Å²) in [5.41, 5.74) is 3.45. The van der Waals surface area contributed by atoms with Gasteiger partial charge in [0.05, 0.1) is 11.1 Å². The van der Waals surface area contributed by atoms with Gasteiger partial charge >= 0.3 is 5.97 Å². The van der Waals surface area contributed by atoms with E-state index in [1.165, 1.54) is 0 Å². The van der Waals surface area contributed by atoms with Gasteiger partial charge in [-0.25, -0.2) is 4.79 Å². The van der Waals surface area contributed by atoms with E-state index in [0.717, 1.165) is 16.7 Å². The zero-order chi connectivity index (χ0) is 16.6. The number of benzene rings is 2. The molecule has 0 unspecified atom stereocenters. The van der Waals surface area contributed by atoms with E-state index in [0.29, 0.717) is 10.9 Å². The van der Waals surface area contributed by atoms with E-state index in [9.17, 15) is 9.90 Å². The van der Waals surface area contributed by atoms with E-state index < -0.39 is 5.97 Å². The maximum absolute atomic E-state index is 11.2. The third-order valence-corrected chi connectivity index (χ3v) is 4.19. The van der Waals surface area contributed by atoms with Gasteiger partial charge in [0.25, 0.3) is 0 Å². The molecular weight excluding hydrogens is 292 g/mol. The van der Waals surface area contributed by atoms with Crippen LogP contribution in [0.1, 0.15) is 29.9 Å². The quantitative estimate of drug-likeness (QED) is 0.768. The lowest BCUT2D eigenvalue weighted by Gasteiger charge is -2.23. The zero-order valence-corrected chi connectivity index (χ0v) is 13.3. The second-order valence-electron chi connectivity index (χ2n) is 5.93. The molecule has 118 valence electrons. The Labute approximate surface area is 133 Å². The Morgan fingerprint density at radius 3 is 2.39 bits per heavy atom. The van der Waals surface area contributed by atoms with Crippen LogP contribution in [0.15, 0.2) is 42.5 Å². The fourth-order valence-corrected chi connectivity index (χ4v) is 2.54. The number of fused-ring (bicyclic) bond motifs is 1. The Bertz CT molecular complexity index is 864. The number of hydrogen-bond acceptors (Lipinski definition) is 3. The summed E-state index contributed by atoms with van der Waals surface area (Å²) < 4.78 is 5.48. The number of rotatable bonds is 4. The molecule has 3 rings (SSSR count). The van der Waals surface area contributed by atoms with Gasteiger partial charge in [0.15, 0.2) is 5.69 Å². The van der Waals surface area contributed by atoms with Crippen molar-refractivity contribution in [1.82, 2.24) is 10.2 Å². The summed E-state index contributed by atoms with van der Waals surface area (Å²) in [5, 5.41) is 16.4. The van der Waals surface area contributed by atoms with Crippen LogP contribution in [-0.2, 0) is 10.3 Å². The molecule has 2 aromatic carbocycles. The Kier molecular flexibility index (Phi) is 3.66. The molecule has 1 heterocycles. The zero-order valence-electron chi connectivity index (χ0n) is 13.3. The number of carboxylic acids is 1. The number of hydrogen-bond donors (Lipinski definition) is 2. The Balaban J connectivity index is 2.03. The number of ether oxygens (including phenoxy) is 1. The van der Waals surface area contributed by atoms with Crippen LogP contribution in [0.3, 0.4) is 0 Å². The highest BCUT2D eigenvalue weighted by Crippen LogP contribution is 2.29. The summed E-state index contributed by atoms with van der Waals surface area (Å²) in [5.74, 6) is -1.04. The Morgan fingerprint density at radius 2 is 1.78 bits per heavy atom. The van der Waals surface area contributed by atoms with Crippen molar-refractivity contribution in [2.45, 2.75) is 19.4 Å². The van der Waals surface area contributed by atoms with Crippen LogP contribution in [0, 0.1) is 0 Å². The molecule has 3 aromatic rings. The van der Waals surface area contributed by atoms with Crippen molar-refractivity contribution in [3.8, 4) is 11.1 Å². The fraction of sp³-hybridized carbons (Fsp3) is 0.222. The van der Waals surface area contributed by atoms with Crippen molar-refractivity contribution < 1.29 is 14.6 Å². The topological polar surface area (TPSA) is 75.2 Å². The predicted molar refractivity (Wildman–Crippen MR) is 88.5 cm³/mol. The molecule has 0 fully saturated rings. The number of carbonyl (C=O) groups is 1. The number of carboxylic acid groups (broad SMARTS) is 1. The molecule has 0 spiro atoms. The molecule has 0 saturated heterocycles. The van der Waals surface area contributed by atoms with E-state index >= 15 is 0 Å². The van der Waals surface area contributed by atoms with Gasteiger partial charge in [0.2, 0.25) is 0 Å². The van der Waals surface area contributed by atoms with Crippen molar-refractivity contribution in [2.24, 2.45) is 0 Å². The van der Waals surface area contributed by atoms with Gasteiger partial charge in [-0.15, -0.1) is 0 Å². The van der Waals surface area contributed by atoms with Gasteiger partial charge in [-0.2, -0.15) is 5.10 Å². The molecule has 0 atom stereocenters. The molecular formula is C18H18N2O3. The van der Waals surface area contributed by atoms with Crippen LogP contribution in [0.2, 0.25) is 0 Å². The highest BCUT2D eigenvalue weighted by Gasteiger charge is 2.19. The minimum Gasteiger partial charge on any atom is -0.476 e. The molecule has 0 amide bonds. The lowest BCUT2D eigenvalue weighted by Crippen LogP contribution is -2.19. The van der Waals surface area contributed by atoms with E-state index in [1.807, 2.05) is 56.3 Å². The molecule has 2 N–H and O–H groups in total. The van der Waals surface area contributed by atoms with Gasteiger partial charge < -0.3 is 9.84 Å². The molecule has 0 aliphatic carbocycles. The first kappa shape index (κ1) is 15.2. The molecule has 5 heteroatoms. The first-order chi connectivity index (χ1) is 10.9. The van der Waals surface area contributed by atoms with E-state index in [4.69, 9.17) is 4.74 Å². The summed E-state index contributed by atoms with van der Waals surface area (Å²) in [7, 11) is 1.69. The summed E-state index contributed by atoms with van der Waals surface area (Å²) >= 11 is 0. The van der Waals surface area contributed by atoms with Gasteiger partial charge in [-0.1, -0.05) is 30.3 Å². The molecule has 23 heavy (non-hydrogen) atoms. The molecule has 1 aromatic heterocycles. The average molecular weight is 310 g/mol. The lowest BCUT2D eigenvalue weighted by molar-refractivity contribution is 0.0192. The predicted octanol–water partition coefficient (Wildman–Crippen LogP) is 3.81. The van der Waals surface area contributed by atoms with Crippen molar-refractivity contribution in [3.63, 3.8) is 0 Å². The van der Waals surface area contributed by atoms with Crippen molar-refractivity contribution in [2.75, 3.05) is 7.11 Å². The van der Waals surface area contributed by atoms with E-state index in [2.05, 4.69) is 10.2 Å². The smallest absolute Gasteiger partial charge is 0.357 e. The van der Waals surface area contributed by atoms with Gasteiger partial charge in [0, 0.05) is 12.5 Å². The van der Waals surface area contributed by atoms with E-state index in [1.54, 1.807) is 7.11 Å². The minimum absolute atomic E-state index is 0.0407. The number of aromatic amines is 1. The van der Waals surface area contributed by atoms with Crippen molar-refractivity contribution >= 4 is 16.9 Å². The molecule has 0 radical (unpaired) electrons. The lowest BCUT2D eigenvalue weighted by atomic mass is 9.95. The molecule has 0 saturated carbocycles. The van der Waals surface area contributed by atoms with Crippen LogP contribution in [0.4, 0.5) is 0 Å². The number of nitrogens with zero attached hydrogens (tertiary/aromatic N) is 1. The van der Waals surface area contributed by atoms with Crippen LogP contribution >= 0.6 is 0 Å². The number of methoxy groups -OCH3 is 1. The highest BCUT2D eigenvalue weighted by atomic mass is 16.5. The maximum Gasteiger partial charge on any atom is 0.357 e. The standard InChI is InChI=1S/C18H18N2O3/c1-18(2,23-3)13-7-4-11(5-8-13)12-6-9-15-14(10-12)16(17(21)22)20-19-15/h4-10H,1-3H3,(H,19,20)(H,21,22). The molecule has 0 aliphatic heterocycles. The molecule has 0 bridgehead atoms. The average Bonchev–Trinajstić information content (AvgIpc) is 2.98. The summed E-state index contributed by atoms with van der Waals surface area (Å²) in [6, 6.07) is 13.7. The van der Waals surface area contributed by atoms with Crippen molar-refractivity contribution in [1.29, 1.82) is 0 Å². The number of H-pyrrole nitrogens is 1. The minimum atomic E-state index is -1.04. The van der Waals surface area contributed by atoms with Gasteiger partial charge in [0.1, 0.15) is 0 Å². The molecule has 5 nitrogen and oxygen atoms in total. The first-order valence-corrected chi connectivity index (χ1v) is 7.30. The van der Waals surface area contributed by atoms with Crippen LogP contribution < -0.4 is 0 Å². The number of aromatic carboxylic acids is 1. The van der Waals surface area contributed by atoms with Crippen molar-refractivity contribution in [3.05, 3.63) is 53.7 Å². The summed E-state index contributed by atoms with van der Waals surface area (Å²) in [6.07, 6.45) is 0. The second-order valence-corrected chi connectivity index (χ2v) is 5.93. The third-order valence-electron chi connectivity index (χ3n) is 4.19. The van der Waals surface area contributed by atoms with Crippen LogP contribution in [-0.4, -0.2) is 28.4 Å². The fourth-order valence-electron chi connectivity index (χ4n) is 2.54. The second kappa shape index (κ2) is 5.52. The van der Waals surface area contributed by atoms with Crippen LogP contribution in [0.25, 0.3) is 22.0 Å². The Morgan fingerprint density at radius 1 is 1.13 bits per heavy atom. The monoisotopic (exact) mass is 310 g/mol. The first-order valence-electron chi connectivity index (χ1n) is 7.30. The maximum atomic E-state index is 11.2. The Hall–Kier alpha value is -2.66. The normalized spacial score (nSPS) is 11.8. The SMILES string of the molecule is COC(C)(C)c1ccc(-c2ccc3[nH]nc(C(=O)O)c3c2)cc1.